The lowest BCUT2D eigenvalue weighted by Gasteiger charge is -2.22. The number of amides is 2. The molecule has 3 aromatic rings. The molecule has 0 bridgehead atoms. The van der Waals surface area contributed by atoms with E-state index in [0.29, 0.717) is 40.6 Å². The van der Waals surface area contributed by atoms with Crippen LogP contribution < -0.4 is 19.3 Å². The van der Waals surface area contributed by atoms with Gasteiger partial charge in [0, 0.05) is 18.3 Å². The van der Waals surface area contributed by atoms with Gasteiger partial charge in [0.1, 0.15) is 17.2 Å². The third-order valence-corrected chi connectivity index (χ3v) is 5.91. The molecule has 0 unspecified atom stereocenters. The first-order valence-electron chi connectivity index (χ1n) is 10.4. The molecule has 0 N–H and O–H groups in total. The lowest BCUT2D eigenvalue weighted by molar-refractivity contribution is -0.120. The van der Waals surface area contributed by atoms with Crippen molar-refractivity contribution in [3.8, 4) is 11.5 Å². The number of nitrogens with zero attached hydrogens (tertiary/aromatic N) is 2. The SMILES string of the molecule is COc1ccc(N2C(=O)C(c3ccccc3)=C(N3CCc4ccccc43)C2=O)c(OC)c1. The fraction of sp³-hybridized carbons (Fsp3) is 0.154. The highest BCUT2D eigenvalue weighted by Crippen LogP contribution is 2.42. The molecule has 0 radical (unpaired) electrons. The second kappa shape index (κ2) is 7.89. The largest absolute Gasteiger partial charge is 0.497 e. The Kier molecular flexibility index (Phi) is 4.90. The van der Waals surface area contributed by atoms with Crippen molar-refractivity contribution in [2.75, 3.05) is 30.6 Å². The van der Waals surface area contributed by atoms with Crippen LogP contribution >= 0.6 is 0 Å². The fourth-order valence-electron chi connectivity index (χ4n) is 4.39. The van der Waals surface area contributed by atoms with Crippen LogP contribution in [0, 0.1) is 0 Å². The average molecular weight is 426 g/mol. The molecule has 160 valence electrons. The third-order valence-electron chi connectivity index (χ3n) is 5.91. The highest BCUT2D eigenvalue weighted by atomic mass is 16.5. The lowest BCUT2D eigenvalue weighted by Crippen LogP contribution is -2.35. The number of carbonyl (C=O) groups is 2. The molecule has 0 saturated carbocycles. The Balaban J connectivity index is 1.68. The van der Waals surface area contributed by atoms with E-state index >= 15 is 0 Å². The fourth-order valence-corrected chi connectivity index (χ4v) is 4.39. The number of imide groups is 1. The van der Waals surface area contributed by atoms with Crippen molar-refractivity contribution in [1.82, 2.24) is 0 Å². The van der Waals surface area contributed by atoms with Crippen molar-refractivity contribution in [2.45, 2.75) is 6.42 Å². The Labute approximate surface area is 186 Å². The topological polar surface area (TPSA) is 59.1 Å². The van der Waals surface area contributed by atoms with Crippen LogP contribution in [-0.4, -0.2) is 32.6 Å². The van der Waals surface area contributed by atoms with E-state index in [2.05, 4.69) is 6.07 Å². The summed E-state index contributed by atoms with van der Waals surface area (Å²) in [6.07, 6.45) is 0.815. The summed E-state index contributed by atoms with van der Waals surface area (Å²) in [5.74, 6) is 0.231. The number of fused-ring (bicyclic) bond motifs is 1. The Morgan fingerprint density at radius 2 is 1.53 bits per heavy atom. The van der Waals surface area contributed by atoms with Crippen molar-refractivity contribution in [2.24, 2.45) is 0 Å². The average Bonchev–Trinajstić information content (AvgIpc) is 3.37. The Morgan fingerprint density at radius 3 is 2.28 bits per heavy atom. The van der Waals surface area contributed by atoms with Gasteiger partial charge in [-0.15, -0.1) is 0 Å². The van der Waals surface area contributed by atoms with E-state index < -0.39 is 0 Å². The van der Waals surface area contributed by atoms with Crippen LogP contribution in [0.3, 0.4) is 0 Å². The number of anilines is 2. The predicted molar refractivity (Wildman–Crippen MR) is 123 cm³/mol. The van der Waals surface area contributed by atoms with Crippen molar-refractivity contribution in [3.63, 3.8) is 0 Å². The van der Waals surface area contributed by atoms with Crippen molar-refractivity contribution in [3.05, 3.63) is 89.6 Å². The summed E-state index contributed by atoms with van der Waals surface area (Å²) in [5.41, 5.74) is 4.00. The van der Waals surface area contributed by atoms with Crippen LogP contribution in [0.1, 0.15) is 11.1 Å². The normalized spacial score (nSPS) is 15.4. The van der Waals surface area contributed by atoms with Crippen molar-refractivity contribution in [1.29, 1.82) is 0 Å². The molecule has 6 nitrogen and oxygen atoms in total. The zero-order valence-corrected chi connectivity index (χ0v) is 17.9. The number of rotatable bonds is 5. The number of hydrogen-bond donors (Lipinski definition) is 0. The number of ether oxygens (including phenoxy) is 2. The molecule has 0 spiro atoms. The first-order chi connectivity index (χ1) is 15.6. The van der Waals surface area contributed by atoms with Crippen LogP contribution in [-0.2, 0) is 16.0 Å². The van der Waals surface area contributed by atoms with Crippen molar-refractivity contribution < 1.29 is 19.1 Å². The Morgan fingerprint density at radius 1 is 0.781 bits per heavy atom. The summed E-state index contributed by atoms with van der Waals surface area (Å²) in [4.78, 5) is 30.8. The molecule has 0 fully saturated rings. The van der Waals surface area contributed by atoms with Gasteiger partial charge >= 0.3 is 0 Å². The summed E-state index contributed by atoms with van der Waals surface area (Å²) in [6.45, 7) is 0.637. The monoisotopic (exact) mass is 426 g/mol. The standard InChI is InChI=1S/C26H22N2O4/c1-31-19-12-13-21(22(16-19)32-2)28-25(29)23(18-9-4-3-5-10-18)24(26(28)30)27-15-14-17-8-6-7-11-20(17)27/h3-13,16H,14-15H2,1-2H3. The van der Waals surface area contributed by atoms with E-state index in [1.54, 1.807) is 25.3 Å². The van der Waals surface area contributed by atoms with E-state index in [9.17, 15) is 9.59 Å². The smallest absolute Gasteiger partial charge is 0.282 e. The highest BCUT2D eigenvalue weighted by molar-refractivity contribution is 6.46. The summed E-state index contributed by atoms with van der Waals surface area (Å²) in [5, 5.41) is 0. The first-order valence-corrected chi connectivity index (χ1v) is 10.4. The van der Waals surface area contributed by atoms with Gasteiger partial charge in [0.05, 0.1) is 25.5 Å². The van der Waals surface area contributed by atoms with Crippen LogP contribution in [0.15, 0.2) is 78.5 Å². The lowest BCUT2D eigenvalue weighted by atomic mass is 10.0. The van der Waals surface area contributed by atoms with Crippen LogP contribution in [0.2, 0.25) is 0 Å². The second-order valence-electron chi connectivity index (χ2n) is 7.60. The summed E-state index contributed by atoms with van der Waals surface area (Å²) < 4.78 is 10.8. The number of benzene rings is 3. The maximum absolute atomic E-state index is 13.8. The number of methoxy groups -OCH3 is 2. The molecule has 2 aliphatic heterocycles. The molecule has 2 aliphatic rings. The van der Waals surface area contributed by atoms with Crippen LogP contribution in [0.4, 0.5) is 11.4 Å². The van der Waals surface area contributed by atoms with Crippen LogP contribution in [0.5, 0.6) is 11.5 Å². The number of carbonyl (C=O) groups excluding carboxylic acids is 2. The van der Waals surface area contributed by atoms with E-state index in [4.69, 9.17) is 9.47 Å². The number of para-hydroxylation sites is 1. The molecule has 32 heavy (non-hydrogen) atoms. The molecule has 5 rings (SSSR count). The second-order valence-corrected chi connectivity index (χ2v) is 7.60. The molecule has 6 heteroatoms. The zero-order chi connectivity index (χ0) is 22.2. The van der Waals surface area contributed by atoms with Gasteiger partial charge < -0.3 is 14.4 Å². The first kappa shape index (κ1) is 19.9. The summed E-state index contributed by atoms with van der Waals surface area (Å²) in [6, 6.07) is 22.4. The van der Waals surface area contributed by atoms with Crippen LogP contribution in [0.25, 0.3) is 5.57 Å². The highest BCUT2D eigenvalue weighted by Gasteiger charge is 2.44. The van der Waals surface area contributed by atoms with Gasteiger partial charge in [-0.05, 0) is 35.7 Å². The van der Waals surface area contributed by atoms with Gasteiger partial charge in [-0.1, -0.05) is 48.5 Å². The third kappa shape index (κ3) is 3.03. The summed E-state index contributed by atoms with van der Waals surface area (Å²) >= 11 is 0. The van der Waals surface area contributed by atoms with Gasteiger partial charge in [-0.2, -0.15) is 0 Å². The quantitative estimate of drug-likeness (QED) is 0.576. The van der Waals surface area contributed by atoms with E-state index in [-0.39, 0.29) is 11.8 Å². The molecule has 0 aromatic heterocycles. The molecular formula is C26H22N2O4. The molecule has 0 atom stereocenters. The minimum Gasteiger partial charge on any atom is -0.497 e. The number of hydrogen-bond acceptors (Lipinski definition) is 5. The maximum atomic E-state index is 13.8. The van der Waals surface area contributed by atoms with Gasteiger partial charge in [0.25, 0.3) is 11.8 Å². The van der Waals surface area contributed by atoms with E-state index in [1.165, 1.54) is 12.0 Å². The molecular weight excluding hydrogens is 404 g/mol. The summed E-state index contributed by atoms with van der Waals surface area (Å²) in [7, 11) is 3.06. The Hall–Kier alpha value is -4.06. The minimum atomic E-state index is -0.371. The van der Waals surface area contributed by atoms with E-state index in [0.717, 1.165) is 17.7 Å². The molecule has 2 amide bonds. The molecule has 0 aliphatic carbocycles. The molecule has 3 aromatic carbocycles. The predicted octanol–water partition coefficient (Wildman–Crippen LogP) is 4.05. The molecule has 0 saturated heterocycles. The molecule has 2 heterocycles. The van der Waals surface area contributed by atoms with Gasteiger partial charge in [-0.25, -0.2) is 4.90 Å². The van der Waals surface area contributed by atoms with Gasteiger partial charge in [0.15, 0.2) is 0 Å². The minimum absolute atomic E-state index is 0.367. The van der Waals surface area contributed by atoms with E-state index in [1.807, 2.05) is 53.4 Å². The van der Waals surface area contributed by atoms with Gasteiger partial charge in [0.2, 0.25) is 0 Å². The zero-order valence-electron chi connectivity index (χ0n) is 17.9. The van der Waals surface area contributed by atoms with Crippen molar-refractivity contribution >= 4 is 28.8 Å². The van der Waals surface area contributed by atoms with Gasteiger partial charge in [-0.3, -0.25) is 9.59 Å². The maximum Gasteiger partial charge on any atom is 0.282 e. The Bertz CT molecular complexity index is 1250.